The van der Waals surface area contributed by atoms with Gasteiger partial charge in [-0.3, -0.25) is 4.90 Å². The van der Waals surface area contributed by atoms with Crippen LogP contribution >= 0.6 is 11.3 Å². The number of nitrogens with two attached hydrogens (primary N) is 1. The highest BCUT2D eigenvalue weighted by Crippen LogP contribution is 2.30. The molecule has 0 aliphatic rings. The van der Waals surface area contributed by atoms with Crippen LogP contribution in [0, 0.1) is 6.92 Å². The molecule has 0 fully saturated rings. The van der Waals surface area contributed by atoms with Gasteiger partial charge in [0.2, 0.25) is 0 Å². The van der Waals surface area contributed by atoms with Gasteiger partial charge in [-0.1, -0.05) is 5.16 Å². The Hall–Kier alpha value is -3.10. The maximum Gasteiger partial charge on any atom is 0.170 e. The van der Waals surface area contributed by atoms with E-state index in [-0.39, 0.29) is 5.84 Å². The number of rotatable bonds is 15. The van der Waals surface area contributed by atoms with Gasteiger partial charge in [-0.25, -0.2) is 4.98 Å². The van der Waals surface area contributed by atoms with Gasteiger partial charge in [0.25, 0.3) is 0 Å². The summed E-state index contributed by atoms with van der Waals surface area (Å²) in [6, 6.07) is 16.6. The fourth-order valence-electron chi connectivity index (χ4n) is 4.46. The van der Waals surface area contributed by atoms with E-state index in [9.17, 15) is 0 Å². The highest BCUT2D eigenvalue weighted by Gasteiger charge is 2.17. The number of hydrogen-bond donors (Lipinski definition) is 2. The van der Waals surface area contributed by atoms with Crippen LogP contribution in [0.2, 0.25) is 0 Å². The first kappa shape index (κ1) is 29.5. The number of hydrogen-bond acceptors (Lipinski definition) is 7. The lowest BCUT2D eigenvalue weighted by atomic mass is 10.1. The highest BCUT2D eigenvalue weighted by molar-refractivity contribution is 7.12. The Kier molecular flexibility index (Phi) is 11.4. The minimum absolute atomic E-state index is 0.0874. The van der Waals surface area contributed by atoms with Gasteiger partial charge in [-0.05, 0) is 109 Å². The Morgan fingerprint density at radius 2 is 1.47 bits per heavy atom. The van der Waals surface area contributed by atoms with Gasteiger partial charge in [0.15, 0.2) is 5.84 Å². The summed E-state index contributed by atoms with van der Waals surface area (Å²) < 4.78 is 11.7. The molecule has 0 aliphatic carbocycles. The molecular formula is C30H42N4O3S. The van der Waals surface area contributed by atoms with Gasteiger partial charge in [0.05, 0.1) is 23.9 Å². The zero-order valence-electron chi connectivity index (χ0n) is 23.3. The summed E-state index contributed by atoms with van der Waals surface area (Å²) in [6.07, 6.45) is 3.94. The minimum atomic E-state index is 0.0874. The molecule has 8 heteroatoms. The predicted molar refractivity (Wildman–Crippen MR) is 157 cm³/mol. The third kappa shape index (κ3) is 8.74. The van der Waals surface area contributed by atoms with Crippen molar-refractivity contribution < 1.29 is 14.7 Å². The molecule has 0 atom stereocenters. The summed E-state index contributed by atoms with van der Waals surface area (Å²) in [6.45, 7) is 13.5. The number of aromatic nitrogens is 1. The van der Waals surface area contributed by atoms with E-state index >= 15 is 0 Å². The summed E-state index contributed by atoms with van der Waals surface area (Å²) in [7, 11) is 0. The van der Waals surface area contributed by atoms with Crippen LogP contribution in [-0.4, -0.2) is 52.8 Å². The van der Waals surface area contributed by atoms with Crippen LogP contribution in [0.15, 0.2) is 53.7 Å². The Morgan fingerprint density at radius 1 is 0.921 bits per heavy atom. The second-order valence-corrected chi connectivity index (χ2v) is 11.3. The average Bonchev–Trinajstić information content (AvgIpc) is 3.28. The molecule has 0 amide bonds. The lowest BCUT2D eigenvalue weighted by Gasteiger charge is -2.30. The quantitative estimate of drug-likeness (QED) is 0.0754. The molecule has 3 N–H and O–H groups in total. The van der Waals surface area contributed by atoms with Crippen molar-refractivity contribution in [1.82, 2.24) is 9.88 Å². The first-order chi connectivity index (χ1) is 18.3. The van der Waals surface area contributed by atoms with Crippen LogP contribution in [0.5, 0.6) is 11.5 Å². The number of unbranched alkanes of at least 4 members (excludes halogenated alkanes) is 2. The average molecular weight is 539 g/mol. The molecule has 3 rings (SSSR count). The van der Waals surface area contributed by atoms with Gasteiger partial charge in [0.1, 0.15) is 11.5 Å². The van der Waals surface area contributed by atoms with Crippen LogP contribution in [-0.2, 0) is 6.42 Å². The first-order valence-electron chi connectivity index (χ1n) is 13.4. The van der Waals surface area contributed by atoms with E-state index in [2.05, 4.69) is 56.8 Å². The Balaban J connectivity index is 1.40. The molecule has 0 saturated carbocycles. The number of oxime groups is 1. The molecule has 3 aromatic rings. The Morgan fingerprint density at radius 3 is 2.00 bits per heavy atom. The van der Waals surface area contributed by atoms with Crippen LogP contribution in [0.25, 0.3) is 11.3 Å². The Bertz CT molecular complexity index is 1130. The number of ether oxygens (including phenoxy) is 2. The van der Waals surface area contributed by atoms with Crippen LogP contribution in [0.4, 0.5) is 0 Å². The van der Waals surface area contributed by atoms with E-state index in [4.69, 9.17) is 25.4 Å². The number of amidine groups is 1. The lowest BCUT2D eigenvalue weighted by molar-refractivity contribution is 0.178. The number of thiazole rings is 1. The molecule has 0 saturated heterocycles. The standard InChI is InChI=1S/C30H42N4O3S/c1-21(2)34(22(3)4)18-17-28-29(32-23(5)38-28)24-9-13-26(14-10-24)36-19-7-6-8-20-37-27-15-11-25(12-16-27)30(31)33-35/h9-16,21-22,35H,6-8,17-20H2,1-5H3,(H2,31,33). The van der Waals surface area contributed by atoms with Crippen molar-refractivity contribution in [2.45, 2.75) is 72.4 Å². The van der Waals surface area contributed by atoms with Gasteiger partial charge in [-0.2, -0.15) is 0 Å². The van der Waals surface area contributed by atoms with E-state index in [1.807, 2.05) is 24.3 Å². The lowest BCUT2D eigenvalue weighted by Crippen LogP contribution is -2.38. The fraction of sp³-hybridized carbons (Fsp3) is 0.467. The summed E-state index contributed by atoms with van der Waals surface area (Å²) in [4.78, 5) is 8.73. The van der Waals surface area contributed by atoms with E-state index in [0.717, 1.165) is 60.0 Å². The molecule has 0 spiro atoms. The van der Waals surface area contributed by atoms with Crippen molar-refractivity contribution in [2.24, 2.45) is 10.9 Å². The van der Waals surface area contributed by atoms with Crippen molar-refractivity contribution in [3.63, 3.8) is 0 Å². The molecule has 0 radical (unpaired) electrons. The van der Waals surface area contributed by atoms with Crippen molar-refractivity contribution in [3.05, 3.63) is 64.0 Å². The summed E-state index contributed by atoms with van der Waals surface area (Å²) in [5.74, 6) is 1.74. The van der Waals surface area contributed by atoms with Crippen molar-refractivity contribution >= 4 is 17.2 Å². The third-order valence-corrected chi connectivity index (χ3v) is 7.47. The maximum absolute atomic E-state index is 8.72. The van der Waals surface area contributed by atoms with Gasteiger partial charge in [0, 0.05) is 34.6 Å². The highest BCUT2D eigenvalue weighted by atomic mass is 32.1. The number of benzene rings is 2. The second kappa shape index (κ2) is 14.7. The van der Waals surface area contributed by atoms with E-state index in [1.54, 1.807) is 23.5 Å². The minimum Gasteiger partial charge on any atom is -0.494 e. The van der Waals surface area contributed by atoms with Crippen LogP contribution in [0.1, 0.15) is 62.4 Å². The largest absolute Gasteiger partial charge is 0.494 e. The predicted octanol–water partition coefficient (Wildman–Crippen LogP) is 6.50. The van der Waals surface area contributed by atoms with Crippen molar-refractivity contribution in [3.8, 4) is 22.8 Å². The molecule has 2 aromatic carbocycles. The molecule has 0 aliphatic heterocycles. The summed E-state index contributed by atoms with van der Waals surface area (Å²) in [5.41, 5.74) is 8.48. The van der Waals surface area contributed by atoms with Gasteiger partial charge in [-0.15, -0.1) is 11.3 Å². The molecule has 206 valence electrons. The van der Waals surface area contributed by atoms with Gasteiger partial charge >= 0.3 is 0 Å². The van der Waals surface area contributed by atoms with Crippen molar-refractivity contribution in [2.75, 3.05) is 19.8 Å². The van der Waals surface area contributed by atoms with E-state index < -0.39 is 0 Å². The molecular weight excluding hydrogens is 496 g/mol. The molecule has 0 unspecified atom stereocenters. The van der Waals surface area contributed by atoms with Crippen LogP contribution < -0.4 is 15.2 Å². The maximum atomic E-state index is 8.72. The Labute approximate surface area is 231 Å². The van der Waals surface area contributed by atoms with Gasteiger partial charge < -0.3 is 20.4 Å². The number of nitrogens with zero attached hydrogens (tertiary/aromatic N) is 3. The van der Waals surface area contributed by atoms with E-state index in [1.165, 1.54) is 4.88 Å². The topological polar surface area (TPSA) is 93.2 Å². The zero-order valence-corrected chi connectivity index (χ0v) is 24.1. The summed E-state index contributed by atoms with van der Waals surface area (Å²) >= 11 is 1.81. The normalized spacial score (nSPS) is 12.1. The molecule has 1 heterocycles. The molecule has 7 nitrogen and oxygen atoms in total. The summed E-state index contributed by atoms with van der Waals surface area (Å²) in [5, 5.41) is 12.8. The molecule has 0 bridgehead atoms. The van der Waals surface area contributed by atoms with Crippen molar-refractivity contribution in [1.29, 1.82) is 0 Å². The first-order valence-corrected chi connectivity index (χ1v) is 14.3. The van der Waals surface area contributed by atoms with E-state index in [0.29, 0.717) is 30.9 Å². The molecule has 1 aromatic heterocycles. The van der Waals surface area contributed by atoms with Crippen LogP contribution in [0.3, 0.4) is 0 Å². The third-order valence-electron chi connectivity index (χ3n) is 6.44. The SMILES string of the molecule is Cc1nc(-c2ccc(OCCCCCOc3ccc(/C(N)=N/O)cc3)cc2)c(CCN(C(C)C)C(C)C)s1. The number of aryl methyl sites for hydroxylation is 1. The smallest absolute Gasteiger partial charge is 0.170 e. The fourth-order valence-corrected chi connectivity index (χ4v) is 5.40. The molecule has 38 heavy (non-hydrogen) atoms. The second-order valence-electron chi connectivity index (χ2n) is 9.97. The zero-order chi connectivity index (χ0) is 27.5. The monoisotopic (exact) mass is 538 g/mol.